The molecule has 2 heterocycles. The average Bonchev–Trinajstić information content (AvgIpc) is 3.06. The van der Waals surface area contributed by atoms with E-state index in [1.165, 1.54) is 12.4 Å². The molecule has 2 aliphatic heterocycles. The van der Waals surface area contributed by atoms with Gasteiger partial charge in [-0.1, -0.05) is 36.4 Å². The minimum atomic E-state index is 0.221. The summed E-state index contributed by atoms with van der Waals surface area (Å²) in [5, 5.41) is 5.72. The molecule has 138 valence electrons. The van der Waals surface area contributed by atoms with Gasteiger partial charge >= 0.3 is 0 Å². The number of benzene rings is 1. The normalized spacial score (nSPS) is 18.7. The summed E-state index contributed by atoms with van der Waals surface area (Å²) >= 11 is 0. The minimum absolute atomic E-state index is 0.221. The predicted molar refractivity (Wildman–Crippen MR) is 102 cm³/mol. The van der Waals surface area contributed by atoms with Gasteiger partial charge in [-0.2, -0.15) is 0 Å². The lowest BCUT2D eigenvalue weighted by atomic mass is 10.2. The van der Waals surface area contributed by atoms with E-state index >= 15 is 0 Å². The summed E-state index contributed by atoms with van der Waals surface area (Å²) in [5.74, 6) is 0.633. The van der Waals surface area contributed by atoms with E-state index < -0.39 is 0 Å². The molecule has 0 aliphatic carbocycles. The van der Waals surface area contributed by atoms with E-state index in [4.69, 9.17) is 4.74 Å². The lowest BCUT2D eigenvalue weighted by molar-refractivity contribution is 0.0199. The summed E-state index contributed by atoms with van der Waals surface area (Å²) < 4.78 is 5.73. The molecule has 0 unspecified atom stereocenters. The van der Waals surface area contributed by atoms with E-state index in [1.54, 1.807) is 22.1 Å². The van der Waals surface area contributed by atoms with Crippen molar-refractivity contribution in [3.63, 3.8) is 0 Å². The summed E-state index contributed by atoms with van der Waals surface area (Å²) in [6.07, 6.45) is 13.4. The van der Waals surface area contributed by atoms with E-state index in [0.29, 0.717) is 18.1 Å². The van der Waals surface area contributed by atoms with Gasteiger partial charge in [0.15, 0.2) is 0 Å². The van der Waals surface area contributed by atoms with Crippen LogP contribution in [0, 0.1) is 9.81 Å². The summed E-state index contributed by atoms with van der Waals surface area (Å²) in [6, 6.07) is 9.93. The SMILES string of the molecule is O=N/C=C1\C=CC=CN1COCN1C=CN(Cc2ccccc2)/C1=C\N=O. The van der Waals surface area contributed by atoms with Crippen LogP contribution in [-0.4, -0.2) is 28.2 Å². The van der Waals surface area contributed by atoms with Crippen LogP contribution in [0.3, 0.4) is 0 Å². The molecule has 0 atom stereocenters. The fourth-order valence-corrected chi connectivity index (χ4v) is 2.71. The Morgan fingerprint density at radius 1 is 0.852 bits per heavy atom. The number of ether oxygens (including phenoxy) is 1. The van der Waals surface area contributed by atoms with Crippen molar-refractivity contribution < 1.29 is 4.74 Å². The first kappa shape index (κ1) is 18.3. The molecule has 27 heavy (non-hydrogen) atoms. The molecule has 0 bridgehead atoms. The number of hydrogen-bond donors (Lipinski definition) is 0. The second-order valence-corrected chi connectivity index (χ2v) is 5.77. The molecule has 1 aromatic rings. The van der Waals surface area contributed by atoms with E-state index in [2.05, 4.69) is 10.4 Å². The molecule has 0 amide bonds. The van der Waals surface area contributed by atoms with E-state index in [0.717, 1.165) is 5.56 Å². The Balaban J connectivity index is 1.58. The third-order valence-corrected chi connectivity index (χ3v) is 4.00. The van der Waals surface area contributed by atoms with Crippen molar-refractivity contribution in [3.8, 4) is 0 Å². The smallest absolute Gasteiger partial charge is 0.137 e. The first-order valence-electron chi connectivity index (χ1n) is 8.32. The van der Waals surface area contributed by atoms with Crippen LogP contribution in [0.4, 0.5) is 0 Å². The van der Waals surface area contributed by atoms with Crippen LogP contribution in [0.5, 0.6) is 0 Å². The highest BCUT2D eigenvalue weighted by Gasteiger charge is 2.20. The molecule has 0 saturated carbocycles. The number of rotatable bonds is 8. The van der Waals surface area contributed by atoms with Crippen molar-refractivity contribution in [2.75, 3.05) is 13.5 Å². The number of nitrogens with zero attached hydrogens (tertiary/aromatic N) is 5. The highest BCUT2D eigenvalue weighted by molar-refractivity contribution is 5.27. The molecule has 0 fully saturated rings. The van der Waals surface area contributed by atoms with Crippen LogP contribution >= 0.6 is 0 Å². The van der Waals surface area contributed by atoms with Crippen molar-refractivity contribution in [3.05, 3.63) is 106 Å². The Labute approximate surface area is 156 Å². The number of allylic oxidation sites excluding steroid dienone is 3. The third-order valence-electron chi connectivity index (χ3n) is 4.00. The van der Waals surface area contributed by atoms with Crippen LogP contribution in [0.2, 0.25) is 0 Å². The highest BCUT2D eigenvalue weighted by Crippen LogP contribution is 2.22. The van der Waals surface area contributed by atoms with Crippen LogP contribution in [-0.2, 0) is 11.3 Å². The van der Waals surface area contributed by atoms with Gasteiger partial charge < -0.3 is 19.4 Å². The molecule has 0 radical (unpaired) electrons. The molecular weight excluding hydrogens is 346 g/mol. The molecule has 3 rings (SSSR count). The van der Waals surface area contributed by atoms with E-state index in [-0.39, 0.29) is 13.5 Å². The molecular formula is C19H19N5O3. The zero-order valence-corrected chi connectivity index (χ0v) is 14.6. The van der Waals surface area contributed by atoms with Crippen LogP contribution in [0.25, 0.3) is 0 Å². The fourth-order valence-electron chi connectivity index (χ4n) is 2.71. The Kier molecular flexibility index (Phi) is 6.26. The average molecular weight is 365 g/mol. The van der Waals surface area contributed by atoms with E-state index in [9.17, 15) is 9.81 Å². The van der Waals surface area contributed by atoms with Gasteiger partial charge in [0, 0.05) is 25.1 Å². The summed E-state index contributed by atoms with van der Waals surface area (Å²) in [7, 11) is 0. The maximum Gasteiger partial charge on any atom is 0.137 e. The van der Waals surface area contributed by atoms with Crippen molar-refractivity contribution >= 4 is 0 Å². The van der Waals surface area contributed by atoms with Gasteiger partial charge in [-0.15, -0.1) is 9.81 Å². The summed E-state index contributed by atoms with van der Waals surface area (Å²) in [5.41, 5.74) is 1.75. The summed E-state index contributed by atoms with van der Waals surface area (Å²) in [6.45, 7) is 1.07. The maximum absolute atomic E-state index is 10.8. The molecule has 2 aliphatic rings. The van der Waals surface area contributed by atoms with Gasteiger partial charge in [0.2, 0.25) is 0 Å². The van der Waals surface area contributed by atoms with Crippen LogP contribution < -0.4 is 0 Å². The number of hydrogen-bond acceptors (Lipinski definition) is 8. The minimum Gasteiger partial charge on any atom is -0.340 e. The first-order valence-corrected chi connectivity index (χ1v) is 8.32. The van der Waals surface area contributed by atoms with Gasteiger partial charge in [0.25, 0.3) is 0 Å². The fraction of sp³-hybridized carbons (Fsp3) is 0.158. The zero-order valence-electron chi connectivity index (χ0n) is 14.6. The Morgan fingerprint density at radius 3 is 2.37 bits per heavy atom. The standard InChI is InChI=1S/C19H19N5O3/c25-20-12-18-8-4-5-9-23(18)15-27-16-24-11-10-22(19(24)13-21-26)14-17-6-2-1-3-7-17/h1-13H,14-16H2/b18-12+,19-13+. The lowest BCUT2D eigenvalue weighted by Crippen LogP contribution is -2.28. The molecule has 0 spiro atoms. The van der Waals surface area contributed by atoms with E-state index in [1.807, 2.05) is 59.8 Å². The van der Waals surface area contributed by atoms with Gasteiger partial charge in [-0.3, -0.25) is 0 Å². The van der Waals surface area contributed by atoms with Crippen molar-refractivity contribution in [2.24, 2.45) is 10.4 Å². The molecule has 8 nitrogen and oxygen atoms in total. The third kappa shape index (κ3) is 4.77. The van der Waals surface area contributed by atoms with Crippen molar-refractivity contribution in [1.82, 2.24) is 14.7 Å². The lowest BCUT2D eigenvalue weighted by Gasteiger charge is -2.26. The molecule has 1 aromatic carbocycles. The predicted octanol–water partition coefficient (Wildman–Crippen LogP) is 3.77. The quantitative estimate of drug-likeness (QED) is 0.653. The monoisotopic (exact) mass is 365 g/mol. The molecule has 0 aromatic heterocycles. The van der Waals surface area contributed by atoms with Gasteiger partial charge in [-0.05, 0) is 28.1 Å². The molecule has 8 heteroatoms. The van der Waals surface area contributed by atoms with Gasteiger partial charge in [-0.25, -0.2) is 0 Å². The first-order chi connectivity index (χ1) is 13.3. The van der Waals surface area contributed by atoms with Crippen LogP contribution in [0.15, 0.2) is 101 Å². The van der Waals surface area contributed by atoms with Gasteiger partial charge in [0.05, 0.1) is 11.9 Å². The Bertz CT molecular complexity index is 814. The van der Waals surface area contributed by atoms with Gasteiger partial charge in [0.1, 0.15) is 25.5 Å². The molecule has 0 N–H and O–H groups in total. The molecule has 0 saturated heterocycles. The number of nitroso groups, excluding NO2 is 2. The van der Waals surface area contributed by atoms with Crippen molar-refractivity contribution in [1.29, 1.82) is 0 Å². The Hall–Kier alpha value is -3.52. The zero-order chi connectivity index (χ0) is 18.9. The summed E-state index contributed by atoms with van der Waals surface area (Å²) in [4.78, 5) is 26.8. The Morgan fingerprint density at radius 2 is 1.59 bits per heavy atom. The highest BCUT2D eigenvalue weighted by atomic mass is 16.5. The maximum atomic E-state index is 10.8. The topological polar surface area (TPSA) is 77.8 Å². The van der Waals surface area contributed by atoms with Crippen molar-refractivity contribution in [2.45, 2.75) is 6.54 Å². The second-order valence-electron chi connectivity index (χ2n) is 5.77. The van der Waals surface area contributed by atoms with Crippen LogP contribution in [0.1, 0.15) is 5.56 Å². The second kappa shape index (κ2) is 9.25. The largest absolute Gasteiger partial charge is 0.340 e.